The van der Waals surface area contributed by atoms with Crippen molar-refractivity contribution in [3.63, 3.8) is 0 Å². The first-order valence-electron chi connectivity index (χ1n) is 6.01. The van der Waals surface area contributed by atoms with Crippen LogP contribution in [0.3, 0.4) is 0 Å². The van der Waals surface area contributed by atoms with Crippen molar-refractivity contribution in [2.75, 3.05) is 14.2 Å². The van der Waals surface area contributed by atoms with Gasteiger partial charge in [0.25, 0.3) is 0 Å². The van der Waals surface area contributed by atoms with Gasteiger partial charge in [-0.25, -0.2) is 4.39 Å². The van der Waals surface area contributed by atoms with Crippen LogP contribution in [0.25, 0.3) is 0 Å². The largest absolute Gasteiger partial charge is 0.493 e. The van der Waals surface area contributed by atoms with Crippen LogP contribution in [0.5, 0.6) is 11.5 Å². The molecule has 1 aromatic carbocycles. The van der Waals surface area contributed by atoms with Crippen molar-refractivity contribution in [2.24, 2.45) is 0 Å². The van der Waals surface area contributed by atoms with E-state index in [4.69, 9.17) is 9.47 Å². The van der Waals surface area contributed by atoms with E-state index in [-0.39, 0.29) is 11.7 Å². The third-order valence-corrected chi connectivity index (χ3v) is 2.74. The molecular formula is C15H19FO2. The van der Waals surface area contributed by atoms with Gasteiger partial charge in [-0.05, 0) is 17.5 Å². The first-order chi connectivity index (χ1) is 8.63. The summed E-state index contributed by atoms with van der Waals surface area (Å²) in [6.45, 7) is 3.95. The molecule has 0 spiro atoms. The number of ether oxygens (including phenoxy) is 2. The first kappa shape index (κ1) is 14.4. The summed E-state index contributed by atoms with van der Waals surface area (Å²) in [4.78, 5) is 0. The second kappa shape index (κ2) is 6.90. The zero-order chi connectivity index (χ0) is 13.5. The summed E-state index contributed by atoms with van der Waals surface area (Å²) in [6.07, 6.45) is 1.46. The average molecular weight is 250 g/mol. The molecule has 0 aromatic heterocycles. The zero-order valence-corrected chi connectivity index (χ0v) is 11.3. The van der Waals surface area contributed by atoms with Crippen molar-refractivity contribution in [3.05, 3.63) is 23.5 Å². The smallest absolute Gasteiger partial charge is 0.163 e. The van der Waals surface area contributed by atoms with Gasteiger partial charge in [-0.1, -0.05) is 13.8 Å². The Kier molecular flexibility index (Phi) is 5.51. The molecular weight excluding hydrogens is 231 g/mol. The van der Waals surface area contributed by atoms with Crippen LogP contribution in [0.2, 0.25) is 0 Å². The van der Waals surface area contributed by atoms with Gasteiger partial charge >= 0.3 is 0 Å². The Morgan fingerprint density at radius 1 is 1.17 bits per heavy atom. The predicted molar refractivity (Wildman–Crippen MR) is 70.6 cm³/mol. The lowest BCUT2D eigenvalue weighted by molar-refractivity contribution is 0.351. The molecule has 0 amide bonds. The average Bonchev–Trinajstić information content (AvgIpc) is 2.38. The fourth-order valence-electron chi connectivity index (χ4n) is 1.71. The second-order valence-corrected chi connectivity index (χ2v) is 4.04. The summed E-state index contributed by atoms with van der Waals surface area (Å²) in [5.41, 5.74) is 0.609. The van der Waals surface area contributed by atoms with Crippen LogP contribution >= 0.6 is 0 Å². The molecule has 0 N–H and O–H groups in total. The summed E-state index contributed by atoms with van der Waals surface area (Å²) in [5, 5.41) is 0. The number of hydrogen-bond acceptors (Lipinski definition) is 2. The molecule has 0 saturated carbocycles. The zero-order valence-electron chi connectivity index (χ0n) is 11.3. The number of hydrogen-bond donors (Lipinski definition) is 0. The van der Waals surface area contributed by atoms with E-state index >= 15 is 0 Å². The Morgan fingerprint density at radius 2 is 1.78 bits per heavy atom. The van der Waals surface area contributed by atoms with Gasteiger partial charge in [0.05, 0.1) is 14.2 Å². The molecule has 0 radical (unpaired) electrons. The highest BCUT2D eigenvalue weighted by Gasteiger charge is 2.15. The molecule has 0 aliphatic carbocycles. The highest BCUT2D eigenvalue weighted by atomic mass is 19.1. The lowest BCUT2D eigenvalue weighted by atomic mass is 9.97. The van der Waals surface area contributed by atoms with Gasteiger partial charge in [0.15, 0.2) is 11.5 Å². The van der Waals surface area contributed by atoms with Crippen molar-refractivity contribution in [2.45, 2.75) is 32.6 Å². The number of methoxy groups -OCH3 is 2. The Labute approximate surface area is 108 Å². The van der Waals surface area contributed by atoms with Crippen LogP contribution in [-0.4, -0.2) is 14.2 Å². The Hall–Kier alpha value is -1.69. The summed E-state index contributed by atoms with van der Waals surface area (Å²) in [6, 6.07) is 3.05. The van der Waals surface area contributed by atoms with Gasteiger partial charge in [-0.15, -0.1) is 11.8 Å². The van der Waals surface area contributed by atoms with Gasteiger partial charge in [-0.2, -0.15) is 0 Å². The topological polar surface area (TPSA) is 18.5 Å². The van der Waals surface area contributed by atoms with E-state index in [2.05, 4.69) is 11.8 Å². The van der Waals surface area contributed by atoms with Crippen LogP contribution in [0, 0.1) is 17.7 Å². The second-order valence-electron chi connectivity index (χ2n) is 4.04. The van der Waals surface area contributed by atoms with Crippen molar-refractivity contribution < 1.29 is 13.9 Å². The maximum Gasteiger partial charge on any atom is 0.163 e. The van der Waals surface area contributed by atoms with Crippen molar-refractivity contribution in [1.29, 1.82) is 0 Å². The summed E-state index contributed by atoms with van der Waals surface area (Å²) < 4.78 is 24.2. The van der Waals surface area contributed by atoms with E-state index in [9.17, 15) is 4.39 Å². The minimum Gasteiger partial charge on any atom is -0.493 e. The minimum atomic E-state index is -0.279. The standard InChI is InChI=1S/C15H19FO2/c1-5-6-7-8-11(2)12-9-14(17-3)15(18-4)10-13(12)16/h9-11H,5,8H2,1-4H3. The highest BCUT2D eigenvalue weighted by molar-refractivity contribution is 5.44. The monoisotopic (exact) mass is 250 g/mol. The minimum absolute atomic E-state index is 0.0313. The maximum absolute atomic E-state index is 13.9. The van der Waals surface area contributed by atoms with E-state index in [1.54, 1.807) is 13.2 Å². The van der Waals surface area contributed by atoms with E-state index < -0.39 is 0 Å². The molecule has 0 bridgehead atoms. The van der Waals surface area contributed by atoms with Crippen LogP contribution in [0.4, 0.5) is 4.39 Å². The molecule has 0 aliphatic rings. The lowest BCUT2D eigenvalue weighted by Gasteiger charge is -2.14. The van der Waals surface area contributed by atoms with Gasteiger partial charge in [0, 0.05) is 18.9 Å². The number of halogens is 1. The molecule has 0 aliphatic heterocycles. The molecule has 18 heavy (non-hydrogen) atoms. The number of benzene rings is 1. The van der Waals surface area contributed by atoms with E-state index in [0.29, 0.717) is 23.5 Å². The first-order valence-corrected chi connectivity index (χ1v) is 6.01. The van der Waals surface area contributed by atoms with Crippen LogP contribution in [0.15, 0.2) is 12.1 Å². The van der Waals surface area contributed by atoms with Gasteiger partial charge in [0.2, 0.25) is 0 Å². The molecule has 3 heteroatoms. The fourth-order valence-corrected chi connectivity index (χ4v) is 1.71. The SMILES string of the molecule is CCC#CCC(C)c1cc(OC)c(OC)cc1F. The van der Waals surface area contributed by atoms with E-state index in [0.717, 1.165) is 6.42 Å². The molecule has 1 unspecified atom stereocenters. The van der Waals surface area contributed by atoms with E-state index in [1.165, 1.54) is 13.2 Å². The fraction of sp³-hybridized carbons (Fsp3) is 0.467. The third kappa shape index (κ3) is 3.40. The molecule has 1 rings (SSSR count). The summed E-state index contributed by atoms with van der Waals surface area (Å²) >= 11 is 0. The molecule has 1 aromatic rings. The van der Waals surface area contributed by atoms with Crippen LogP contribution in [-0.2, 0) is 0 Å². The maximum atomic E-state index is 13.9. The quantitative estimate of drug-likeness (QED) is 0.758. The molecule has 98 valence electrons. The Bertz CT molecular complexity index is 458. The summed E-state index contributed by atoms with van der Waals surface area (Å²) in [5.74, 6) is 6.73. The highest BCUT2D eigenvalue weighted by Crippen LogP contribution is 2.33. The van der Waals surface area contributed by atoms with Crippen molar-refractivity contribution >= 4 is 0 Å². The Morgan fingerprint density at radius 3 is 2.33 bits per heavy atom. The van der Waals surface area contributed by atoms with Gasteiger partial charge in [-0.3, -0.25) is 0 Å². The third-order valence-electron chi connectivity index (χ3n) is 2.74. The van der Waals surface area contributed by atoms with Gasteiger partial charge in [0.1, 0.15) is 5.82 Å². The molecule has 0 heterocycles. The predicted octanol–water partition coefficient (Wildman–Crippen LogP) is 3.75. The van der Waals surface area contributed by atoms with E-state index in [1.807, 2.05) is 13.8 Å². The molecule has 2 nitrogen and oxygen atoms in total. The van der Waals surface area contributed by atoms with Crippen molar-refractivity contribution in [3.8, 4) is 23.3 Å². The molecule has 0 fully saturated rings. The van der Waals surface area contributed by atoms with Crippen LogP contribution < -0.4 is 9.47 Å². The van der Waals surface area contributed by atoms with Gasteiger partial charge < -0.3 is 9.47 Å². The normalized spacial score (nSPS) is 11.4. The van der Waals surface area contributed by atoms with Crippen LogP contribution in [0.1, 0.15) is 38.2 Å². The Balaban J connectivity index is 3.01. The molecule has 1 atom stereocenters. The molecule has 0 saturated heterocycles. The lowest BCUT2D eigenvalue weighted by Crippen LogP contribution is -2.00. The number of rotatable bonds is 4. The summed E-state index contributed by atoms with van der Waals surface area (Å²) in [7, 11) is 3.04. The van der Waals surface area contributed by atoms with Crippen molar-refractivity contribution in [1.82, 2.24) is 0 Å².